The smallest absolute Gasteiger partial charge is 0.261 e. The fraction of sp³-hybridized carbons (Fsp3) is 0.160. The number of hydrogen-bond acceptors (Lipinski definition) is 6. The van der Waals surface area contributed by atoms with E-state index in [0.717, 1.165) is 16.6 Å². The van der Waals surface area contributed by atoms with Gasteiger partial charge in [0.1, 0.15) is 11.3 Å². The lowest BCUT2D eigenvalue weighted by atomic mass is 10.1. The maximum absolute atomic E-state index is 12.6. The molecular formula is C25H20ClN5O3S. The van der Waals surface area contributed by atoms with Crippen LogP contribution in [0.4, 0.5) is 0 Å². The molecule has 0 saturated heterocycles. The molecule has 1 aliphatic heterocycles. The maximum atomic E-state index is 12.6. The van der Waals surface area contributed by atoms with E-state index in [1.807, 2.05) is 12.1 Å². The summed E-state index contributed by atoms with van der Waals surface area (Å²) in [5.74, 6) is -0.0454. The van der Waals surface area contributed by atoms with Crippen LogP contribution in [0.5, 0.6) is 5.75 Å². The number of carbonyl (C=O) groups excluding carboxylic acids is 2. The highest BCUT2D eigenvalue weighted by atomic mass is 35.5. The van der Waals surface area contributed by atoms with E-state index in [1.165, 1.54) is 4.90 Å². The molecule has 2 aromatic carbocycles. The third kappa shape index (κ3) is 4.36. The Balaban J connectivity index is 1.37. The monoisotopic (exact) mass is 505 g/mol. The molecule has 0 atom stereocenters. The highest BCUT2D eigenvalue weighted by Gasteiger charge is 2.34. The van der Waals surface area contributed by atoms with Gasteiger partial charge in [0.2, 0.25) is 0 Å². The number of thiocarbonyl (C=S) groups is 1. The van der Waals surface area contributed by atoms with E-state index in [-0.39, 0.29) is 25.0 Å². The van der Waals surface area contributed by atoms with Crippen molar-refractivity contribution in [3.05, 3.63) is 76.6 Å². The molecule has 2 amide bonds. The molecule has 10 heteroatoms. The number of benzene rings is 2. The lowest BCUT2D eigenvalue weighted by Gasteiger charge is -2.14. The predicted molar refractivity (Wildman–Crippen MR) is 137 cm³/mol. The van der Waals surface area contributed by atoms with E-state index in [9.17, 15) is 9.59 Å². The minimum atomic E-state index is -0.283. The second-order valence-electron chi connectivity index (χ2n) is 8.06. The van der Waals surface area contributed by atoms with Gasteiger partial charge in [0.05, 0.1) is 33.4 Å². The Morgan fingerprint density at radius 2 is 1.86 bits per heavy atom. The van der Waals surface area contributed by atoms with E-state index >= 15 is 0 Å². The molecule has 0 saturated carbocycles. The first-order chi connectivity index (χ1) is 16.9. The summed E-state index contributed by atoms with van der Waals surface area (Å²) >= 11 is 11.5. The summed E-state index contributed by atoms with van der Waals surface area (Å²) in [7, 11) is 0. The number of hydrogen-bond donors (Lipinski definition) is 2. The number of nitrogens with one attached hydrogen (secondary N) is 1. The van der Waals surface area contributed by atoms with E-state index < -0.39 is 0 Å². The molecule has 0 bridgehead atoms. The van der Waals surface area contributed by atoms with E-state index in [0.29, 0.717) is 50.9 Å². The van der Waals surface area contributed by atoms with Gasteiger partial charge in [-0.25, -0.2) is 0 Å². The molecule has 1 aliphatic rings. The van der Waals surface area contributed by atoms with Gasteiger partial charge >= 0.3 is 0 Å². The Labute approximate surface area is 211 Å². The number of pyridine rings is 1. The molecule has 0 fully saturated rings. The van der Waals surface area contributed by atoms with Gasteiger partial charge in [-0.15, -0.1) is 0 Å². The number of H-pyrrole nitrogens is 1. The number of halogens is 1. The average molecular weight is 506 g/mol. The van der Waals surface area contributed by atoms with Crippen molar-refractivity contribution in [1.29, 1.82) is 0 Å². The number of carbonyl (C=O) groups is 2. The largest absolute Gasteiger partial charge is 0.491 e. The molecule has 35 heavy (non-hydrogen) atoms. The SMILES string of the molecule is NC(=S)Cc1[nH]nc2c(OCCCN3C(=O)c4ccccc4C3=O)cc(-c3ncccc3Cl)cc12. The zero-order valence-corrected chi connectivity index (χ0v) is 20.0. The summed E-state index contributed by atoms with van der Waals surface area (Å²) in [6, 6.07) is 14.1. The topological polar surface area (TPSA) is 114 Å². The number of imide groups is 1. The van der Waals surface area contributed by atoms with Gasteiger partial charge in [-0.1, -0.05) is 36.0 Å². The summed E-state index contributed by atoms with van der Waals surface area (Å²) in [5, 5.41) is 8.69. The molecule has 8 nitrogen and oxygen atoms in total. The highest BCUT2D eigenvalue weighted by molar-refractivity contribution is 7.80. The van der Waals surface area contributed by atoms with Crippen LogP contribution in [-0.2, 0) is 6.42 Å². The number of rotatable bonds is 8. The summed E-state index contributed by atoms with van der Waals surface area (Å²) in [5.41, 5.74) is 9.36. The van der Waals surface area contributed by atoms with Crippen LogP contribution in [0.25, 0.3) is 22.2 Å². The second kappa shape index (κ2) is 9.44. The second-order valence-corrected chi connectivity index (χ2v) is 8.99. The van der Waals surface area contributed by atoms with E-state index in [2.05, 4.69) is 15.2 Å². The van der Waals surface area contributed by atoms with Crippen LogP contribution in [0.1, 0.15) is 32.8 Å². The number of ether oxygens (including phenoxy) is 1. The number of aromatic amines is 1. The van der Waals surface area contributed by atoms with Gasteiger partial charge in [-0.05, 0) is 42.8 Å². The number of aromatic nitrogens is 3. The maximum Gasteiger partial charge on any atom is 0.261 e. The van der Waals surface area contributed by atoms with Crippen molar-refractivity contribution >= 4 is 51.5 Å². The van der Waals surface area contributed by atoms with Crippen molar-refractivity contribution in [1.82, 2.24) is 20.1 Å². The van der Waals surface area contributed by atoms with Gasteiger partial charge in [0.15, 0.2) is 0 Å². The molecule has 0 aliphatic carbocycles. The third-order valence-corrected chi connectivity index (χ3v) is 6.20. The number of fused-ring (bicyclic) bond motifs is 2. The molecule has 5 rings (SSSR count). The molecule has 176 valence electrons. The standard InChI is InChI=1S/C25H20ClN5O3S/c26-18-7-3-8-28-22(18)14-11-17-19(13-21(27)35)29-30-23(17)20(12-14)34-10-4-9-31-24(32)15-5-1-2-6-16(15)25(31)33/h1-3,5-8,11-12H,4,9-10,13H2,(H2,27,35)(H,29,30). The summed E-state index contributed by atoms with van der Waals surface area (Å²) in [6.45, 7) is 0.508. The summed E-state index contributed by atoms with van der Waals surface area (Å²) in [6.07, 6.45) is 2.47. The van der Waals surface area contributed by atoms with Crippen LogP contribution in [-0.4, -0.2) is 50.0 Å². The van der Waals surface area contributed by atoms with Gasteiger partial charge < -0.3 is 10.5 Å². The number of amides is 2. The number of nitrogens with two attached hydrogens (primary N) is 1. The lowest BCUT2D eigenvalue weighted by molar-refractivity contribution is 0.0647. The van der Waals surface area contributed by atoms with E-state index in [1.54, 1.807) is 42.6 Å². The first-order valence-electron chi connectivity index (χ1n) is 10.9. The van der Waals surface area contributed by atoms with E-state index in [4.69, 9.17) is 34.3 Å². The molecule has 2 aromatic heterocycles. The predicted octanol–water partition coefficient (Wildman–Crippen LogP) is 4.17. The zero-order chi connectivity index (χ0) is 24.5. The van der Waals surface area contributed by atoms with Crippen LogP contribution >= 0.6 is 23.8 Å². The molecule has 3 heterocycles. The third-order valence-electron chi connectivity index (χ3n) is 5.75. The molecule has 0 spiro atoms. The van der Waals surface area contributed by atoms with Crippen molar-refractivity contribution in [2.45, 2.75) is 12.8 Å². The van der Waals surface area contributed by atoms with Crippen LogP contribution in [0.3, 0.4) is 0 Å². The molecule has 0 radical (unpaired) electrons. The first-order valence-corrected chi connectivity index (χ1v) is 11.7. The van der Waals surface area contributed by atoms with Crippen molar-refractivity contribution in [2.24, 2.45) is 5.73 Å². The normalized spacial score (nSPS) is 12.9. The number of nitrogens with zero attached hydrogens (tertiary/aromatic N) is 3. The Bertz CT molecular complexity index is 1450. The fourth-order valence-corrected chi connectivity index (χ4v) is 4.51. The van der Waals surface area contributed by atoms with Gasteiger partial charge in [-0.3, -0.25) is 24.6 Å². The Morgan fingerprint density at radius 1 is 1.11 bits per heavy atom. The molecule has 0 unspecified atom stereocenters. The van der Waals surface area contributed by atoms with Crippen molar-refractivity contribution < 1.29 is 14.3 Å². The molecule has 3 N–H and O–H groups in total. The lowest BCUT2D eigenvalue weighted by Crippen LogP contribution is -2.31. The first kappa shape index (κ1) is 22.9. The highest BCUT2D eigenvalue weighted by Crippen LogP contribution is 2.35. The van der Waals surface area contributed by atoms with Crippen LogP contribution in [0.15, 0.2) is 54.7 Å². The Morgan fingerprint density at radius 3 is 2.54 bits per heavy atom. The van der Waals surface area contributed by atoms with Crippen LogP contribution in [0.2, 0.25) is 5.02 Å². The van der Waals surface area contributed by atoms with Crippen molar-refractivity contribution in [2.75, 3.05) is 13.2 Å². The fourth-order valence-electron chi connectivity index (χ4n) is 4.14. The van der Waals surface area contributed by atoms with Crippen LogP contribution in [0, 0.1) is 0 Å². The molecule has 4 aromatic rings. The van der Waals surface area contributed by atoms with Crippen molar-refractivity contribution in [3.8, 4) is 17.0 Å². The van der Waals surface area contributed by atoms with Crippen LogP contribution < -0.4 is 10.5 Å². The summed E-state index contributed by atoms with van der Waals surface area (Å²) < 4.78 is 6.08. The van der Waals surface area contributed by atoms with Gasteiger partial charge in [-0.2, -0.15) is 5.10 Å². The quantitative estimate of drug-likeness (QED) is 0.210. The minimum Gasteiger partial charge on any atom is -0.491 e. The Hall–Kier alpha value is -3.82. The summed E-state index contributed by atoms with van der Waals surface area (Å²) in [4.78, 5) is 31.2. The zero-order valence-electron chi connectivity index (χ0n) is 18.5. The van der Waals surface area contributed by atoms with Crippen molar-refractivity contribution in [3.63, 3.8) is 0 Å². The minimum absolute atomic E-state index is 0.245. The average Bonchev–Trinajstić information content (AvgIpc) is 3.35. The van der Waals surface area contributed by atoms with Gasteiger partial charge in [0, 0.05) is 35.8 Å². The van der Waals surface area contributed by atoms with Gasteiger partial charge in [0.25, 0.3) is 11.8 Å². The molecular weight excluding hydrogens is 486 g/mol. The Kier molecular flexibility index (Phi) is 6.19.